The van der Waals surface area contributed by atoms with Crippen molar-refractivity contribution < 1.29 is 4.79 Å². The Morgan fingerprint density at radius 3 is 2.74 bits per heavy atom. The second-order valence-electron chi connectivity index (χ2n) is 8.32. The van der Waals surface area contributed by atoms with Gasteiger partial charge in [-0.3, -0.25) is 9.48 Å². The SMILES string of the molecule is Nc1nccc(C(=O)Nc2cc3cn(C4CCNCC4)nc3cc2N2CCCCC2)n1. The molecule has 0 aliphatic carbocycles. The molecule has 0 bridgehead atoms. The van der Waals surface area contributed by atoms with Crippen LogP contribution in [0.15, 0.2) is 30.6 Å². The molecule has 2 aromatic heterocycles. The van der Waals surface area contributed by atoms with Gasteiger partial charge < -0.3 is 21.3 Å². The third-order valence-electron chi connectivity index (χ3n) is 6.17. The number of piperidine rings is 2. The van der Waals surface area contributed by atoms with Crippen LogP contribution in [-0.2, 0) is 0 Å². The zero-order valence-corrected chi connectivity index (χ0v) is 17.5. The van der Waals surface area contributed by atoms with Crippen LogP contribution in [0.5, 0.6) is 0 Å². The molecule has 5 rings (SSSR count). The summed E-state index contributed by atoms with van der Waals surface area (Å²) in [6, 6.07) is 6.13. The van der Waals surface area contributed by atoms with E-state index in [0.29, 0.717) is 6.04 Å². The van der Waals surface area contributed by atoms with Gasteiger partial charge >= 0.3 is 0 Å². The lowest BCUT2D eigenvalue weighted by molar-refractivity contribution is 0.102. The van der Waals surface area contributed by atoms with Crippen LogP contribution in [0.3, 0.4) is 0 Å². The fourth-order valence-electron chi connectivity index (χ4n) is 4.52. The van der Waals surface area contributed by atoms with Crippen molar-refractivity contribution >= 4 is 34.1 Å². The number of carbonyl (C=O) groups is 1. The van der Waals surface area contributed by atoms with Gasteiger partial charge in [-0.2, -0.15) is 5.10 Å². The molecule has 2 aliphatic heterocycles. The molecule has 31 heavy (non-hydrogen) atoms. The molecule has 162 valence electrons. The van der Waals surface area contributed by atoms with Crippen LogP contribution < -0.4 is 21.3 Å². The van der Waals surface area contributed by atoms with Crippen molar-refractivity contribution in [1.82, 2.24) is 25.1 Å². The molecule has 9 heteroatoms. The maximum atomic E-state index is 12.9. The molecular weight excluding hydrogens is 392 g/mol. The first-order chi connectivity index (χ1) is 15.2. The molecule has 2 saturated heterocycles. The summed E-state index contributed by atoms with van der Waals surface area (Å²) >= 11 is 0. The highest BCUT2D eigenvalue weighted by Gasteiger charge is 2.21. The van der Waals surface area contributed by atoms with Crippen LogP contribution in [0.25, 0.3) is 10.9 Å². The average Bonchev–Trinajstić information content (AvgIpc) is 3.23. The quantitative estimate of drug-likeness (QED) is 0.594. The van der Waals surface area contributed by atoms with Crippen molar-refractivity contribution in [3.05, 3.63) is 36.3 Å². The number of benzene rings is 1. The zero-order valence-electron chi connectivity index (χ0n) is 17.5. The van der Waals surface area contributed by atoms with E-state index in [0.717, 1.165) is 74.1 Å². The van der Waals surface area contributed by atoms with Gasteiger partial charge in [-0.1, -0.05) is 0 Å². The average molecular weight is 421 g/mol. The zero-order chi connectivity index (χ0) is 21.2. The Hall–Kier alpha value is -3.20. The predicted octanol–water partition coefficient (Wildman–Crippen LogP) is 2.58. The van der Waals surface area contributed by atoms with Gasteiger partial charge in [-0.15, -0.1) is 0 Å². The molecular formula is C22H28N8O. The molecule has 2 aliphatic rings. The van der Waals surface area contributed by atoms with Gasteiger partial charge in [0.25, 0.3) is 5.91 Å². The lowest BCUT2D eigenvalue weighted by Crippen LogP contribution is -2.30. The smallest absolute Gasteiger partial charge is 0.274 e. The Labute approximate surface area is 181 Å². The number of fused-ring (bicyclic) bond motifs is 1. The second kappa shape index (κ2) is 8.50. The van der Waals surface area contributed by atoms with Crippen molar-refractivity contribution in [3.8, 4) is 0 Å². The van der Waals surface area contributed by atoms with E-state index in [1.54, 1.807) is 6.07 Å². The summed E-state index contributed by atoms with van der Waals surface area (Å²) in [5.41, 5.74) is 8.66. The molecule has 2 fully saturated rings. The van der Waals surface area contributed by atoms with Gasteiger partial charge in [0.15, 0.2) is 0 Å². The van der Waals surface area contributed by atoms with Crippen molar-refractivity contribution in [1.29, 1.82) is 0 Å². The molecule has 4 heterocycles. The van der Waals surface area contributed by atoms with E-state index in [4.69, 9.17) is 10.8 Å². The van der Waals surface area contributed by atoms with Crippen LogP contribution in [-0.4, -0.2) is 51.8 Å². The summed E-state index contributed by atoms with van der Waals surface area (Å²) < 4.78 is 2.10. The van der Waals surface area contributed by atoms with Gasteiger partial charge in [0, 0.05) is 30.9 Å². The first-order valence-corrected chi connectivity index (χ1v) is 11.1. The van der Waals surface area contributed by atoms with Crippen molar-refractivity contribution in [3.63, 3.8) is 0 Å². The number of aromatic nitrogens is 4. The molecule has 0 saturated carbocycles. The van der Waals surface area contributed by atoms with Crippen LogP contribution in [0, 0.1) is 0 Å². The van der Waals surface area contributed by atoms with E-state index >= 15 is 0 Å². The summed E-state index contributed by atoms with van der Waals surface area (Å²) in [7, 11) is 0. The van der Waals surface area contributed by atoms with E-state index in [2.05, 4.69) is 42.4 Å². The van der Waals surface area contributed by atoms with E-state index < -0.39 is 0 Å². The first kappa shape index (κ1) is 19.7. The van der Waals surface area contributed by atoms with Gasteiger partial charge in [0.05, 0.1) is 22.9 Å². The fraction of sp³-hybridized carbons (Fsp3) is 0.455. The number of nitrogens with two attached hydrogens (primary N) is 1. The summed E-state index contributed by atoms with van der Waals surface area (Å²) in [6.45, 7) is 3.99. The monoisotopic (exact) mass is 420 g/mol. The molecule has 4 N–H and O–H groups in total. The lowest BCUT2D eigenvalue weighted by Gasteiger charge is -2.30. The van der Waals surface area contributed by atoms with E-state index in [1.165, 1.54) is 12.6 Å². The number of amides is 1. The standard InChI is InChI=1S/C22H28N8O/c23-22-25-9-6-17(27-22)21(31)26-19-12-15-14-30(16-4-7-24-8-5-16)28-18(15)13-20(19)29-10-2-1-3-11-29/h6,9,12-14,16,24H,1-5,7-8,10-11H2,(H,26,31)(H2,23,25,27). The Morgan fingerprint density at radius 2 is 1.97 bits per heavy atom. The van der Waals surface area contributed by atoms with E-state index in [9.17, 15) is 4.79 Å². The molecule has 0 atom stereocenters. The Balaban J connectivity index is 1.51. The summed E-state index contributed by atoms with van der Waals surface area (Å²) in [5.74, 6) is -0.208. The number of rotatable bonds is 4. The van der Waals surface area contributed by atoms with Crippen LogP contribution >= 0.6 is 0 Å². The number of nitrogens with one attached hydrogen (secondary N) is 2. The number of hydrogen-bond donors (Lipinski definition) is 3. The van der Waals surface area contributed by atoms with Crippen LogP contribution in [0.4, 0.5) is 17.3 Å². The fourth-order valence-corrected chi connectivity index (χ4v) is 4.52. The summed E-state index contributed by atoms with van der Waals surface area (Å²) in [5, 5.41) is 12.4. The second-order valence-corrected chi connectivity index (χ2v) is 8.32. The van der Waals surface area contributed by atoms with Crippen molar-refractivity contribution in [2.45, 2.75) is 38.1 Å². The van der Waals surface area contributed by atoms with Crippen LogP contribution in [0.1, 0.15) is 48.6 Å². The van der Waals surface area contributed by atoms with Crippen molar-refractivity contribution in [2.24, 2.45) is 0 Å². The van der Waals surface area contributed by atoms with Gasteiger partial charge in [-0.25, -0.2) is 9.97 Å². The minimum Gasteiger partial charge on any atom is -0.370 e. The van der Waals surface area contributed by atoms with Gasteiger partial charge in [0.2, 0.25) is 5.95 Å². The van der Waals surface area contributed by atoms with Crippen LogP contribution in [0.2, 0.25) is 0 Å². The third kappa shape index (κ3) is 4.18. The van der Waals surface area contributed by atoms with E-state index in [1.807, 2.05) is 6.07 Å². The molecule has 1 aromatic carbocycles. The minimum atomic E-state index is -0.294. The number of carbonyl (C=O) groups excluding carboxylic acids is 1. The molecule has 9 nitrogen and oxygen atoms in total. The normalized spacial score (nSPS) is 17.7. The maximum Gasteiger partial charge on any atom is 0.274 e. The third-order valence-corrected chi connectivity index (χ3v) is 6.17. The largest absolute Gasteiger partial charge is 0.370 e. The highest BCUT2D eigenvalue weighted by Crippen LogP contribution is 2.34. The molecule has 0 spiro atoms. The van der Waals surface area contributed by atoms with Crippen molar-refractivity contribution in [2.75, 3.05) is 42.1 Å². The number of nitrogens with zero attached hydrogens (tertiary/aromatic N) is 5. The number of hydrogen-bond acceptors (Lipinski definition) is 7. The number of nitrogen functional groups attached to an aromatic ring is 1. The van der Waals surface area contributed by atoms with E-state index in [-0.39, 0.29) is 17.5 Å². The summed E-state index contributed by atoms with van der Waals surface area (Å²) in [4.78, 5) is 23.2. The first-order valence-electron chi connectivity index (χ1n) is 11.1. The maximum absolute atomic E-state index is 12.9. The predicted molar refractivity (Wildman–Crippen MR) is 121 cm³/mol. The highest BCUT2D eigenvalue weighted by atomic mass is 16.1. The molecule has 1 amide bonds. The molecule has 0 radical (unpaired) electrons. The lowest BCUT2D eigenvalue weighted by atomic mass is 10.1. The van der Waals surface area contributed by atoms with Gasteiger partial charge in [-0.05, 0) is 63.4 Å². The van der Waals surface area contributed by atoms with Gasteiger partial charge in [0.1, 0.15) is 5.69 Å². The number of anilines is 3. The molecule has 0 unspecified atom stereocenters. The summed E-state index contributed by atoms with van der Waals surface area (Å²) in [6.07, 6.45) is 9.29. The Morgan fingerprint density at radius 1 is 1.16 bits per heavy atom. The Bertz CT molecular complexity index is 1080. The minimum absolute atomic E-state index is 0.0857. The highest BCUT2D eigenvalue weighted by molar-refractivity contribution is 6.06. The topological polar surface area (TPSA) is 114 Å². The Kier molecular flexibility index (Phi) is 5.42. The molecule has 3 aromatic rings.